The Labute approximate surface area is 168 Å². The van der Waals surface area contributed by atoms with Crippen molar-refractivity contribution < 1.29 is 14.6 Å². The molecule has 0 aliphatic carbocycles. The Bertz CT molecular complexity index is 937. The quantitative estimate of drug-likeness (QED) is 0.581. The minimum Gasteiger partial charge on any atom is -0.486 e. The van der Waals surface area contributed by atoms with Gasteiger partial charge in [0.05, 0.1) is 5.75 Å². The minimum absolute atomic E-state index is 0.0501. The van der Waals surface area contributed by atoms with E-state index >= 15 is 0 Å². The van der Waals surface area contributed by atoms with Crippen molar-refractivity contribution in [2.24, 2.45) is 7.05 Å². The summed E-state index contributed by atoms with van der Waals surface area (Å²) in [6.07, 6.45) is 0. The number of hydrogen-bond donors (Lipinski definition) is 1. The number of rotatable bonds is 8. The van der Waals surface area contributed by atoms with E-state index in [9.17, 15) is 4.79 Å². The zero-order valence-electron chi connectivity index (χ0n) is 16.1. The van der Waals surface area contributed by atoms with Crippen molar-refractivity contribution in [1.82, 2.24) is 14.8 Å². The summed E-state index contributed by atoms with van der Waals surface area (Å²) in [5.41, 5.74) is 2.37. The van der Waals surface area contributed by atoms with E-state index in [-0.39, 0.29) is 17.8 Å². The van der Waals surface area contributed by atoms with E-state index in [1.807, 2.05) is 18.2 Å². The van der Waals surface area contributed by atoms with E-state index in [0.717, 1.165) is 17.5 Å². The van der Waals surface area contributed by atoms with Gasteiger partial charge in [0.25, 0.3) is 0 Å². The first-order chi connectivity index (χ1) is 13.4. The number of aromatic nitrogens is 3. The van der Waals surface area contributed by atoms with Crippen LogP contribution in [0.1, 0.15) is 30.8 Å². The van der Waals surface area contributed by atoms with Gasteiger partial charge in [0, 0.05) is 12.5 Å². The number of carboxylic acid groups (broad SMARTS) is 1. The molecule has 28 heavy (non-hydrogen) atoms. The van der Waals surface area contributed by atoms with Crippen LogP contribution >= 0.6 is 11.8 Å². The first kappa shape index (κ1) is 19.9. The Morgan fingerprint density at radius 2 is 1.71 bits per heavy atom. The SMILES string of the molecule is Cn1c(COc2ccc(C(C)(C)c3ccccc3)cc2)nnc1SCC(=O)O. The molecule has 0 amide bonds. The maximum atomic E-state index is 10.7. The third-order valence-electron chi connectivity index (χ3n) is 4.69. The summed E-state index contributed by atoms with van der Waals surface area (Å²) >= 11 is 1.13. The topological polar surface area (TPSA) is 77.2 Å². The summed E-state index contributed by atoms with van der Waals surface area (Å²) in [6, 6.07) is 18.5. The van der Waals surface area contributed by atoms with Crippen LogP contribution < -0.4 is 4.74 Å². The smallest absolute Gasteiger partial charge is 0.313 e. The van der Waals surface area contributed by atoms with Crippen LogP contribution in [0.25, 0.3) is 0 Å². The van der Waals surface area contributed by atoms with Crippen LogP contribution in [-0.2, 0) is 23.9 Å². The van der Waals surface area contributed by atoms with E-state index < -0.39 is 5.97 Å². The van der Waals surface area contributed by atoms with Gasteiger partial charge in [0.15, 0.2) is 11.0 Å². The highest BCUT2D eigenvalue weighted by molar-refractivity contribution is 7.99. The Morgan fingerprint density at radius 3 is 2.36 bits per heavy atom. The van der Waals surface area contributed by atoms with Crippen LogP contribution in [0.2, 0.25) is 0 Å². The highest BCUT2D eigenvalue weighted by Gasteiger charge is 2.22. The molecule has 7 heteroatoms. The van der Waals surface area contributed by atoms with Crippen molar-refractivity contribution in [1.29, 1.82) is 0 Å². The standard InChI is InChI=1S/C21H23N3O3S/c1-21(2,15-7-5-4-6-8-15)16-9-11-17(12-10-16)27-13-18-22-23-20(24(18)3)28-14-19(25)26/h4-12H,13-14H2,1-3H3,(H,25,26). The van der Waals surface area contributed by atoms with Gasteiger partial charge in [-0.2, -0.15) is 0 Å². The molecule has 3 rings (SSSR count). The minimum atomic E-state index is -0.885. The molecular weight excluding hydrogens is 374 g/mol. The zero-order chi connectivity index (χ0) is 20.1. The molecule has 0 fully saturated rings. The average Bonchev–Trinajstić information content (AvgIpc) is 3.05. The molecule has 0 atom stereocenters. The van der Waals surface area contributed by atoms with Gasteiger partial charge in [-0.05, 0) is 23.3 Å². The molecule has 1 aromatic heterocycles. The van der Waals surface area contributed by atoms with E-state index in [1.165, 1.54) is 11.1 Å². The van der Waals surface area contributed by atoms with E-state index in [2.05, 4.69) is 60.4 Å². The largest absolute Gasteiger partial charge is 0.486 e. The highest BCUT2D eigenvalue weighted by Crippen LogP contribution is 2.32. The van der Waals surface area contributed by atoms with Gasteiger partial charge in [-0.3, -0.25) is 4.79 Å². The second-order valence-corrected chi connectivity index (χ2v) is 7.89. The first-order valence-corrected chi connectivity index (χ1v) is 9.88. The molecule has 3 aromatic rings. The summed E-state index contributed by atoms with van der Waals surface area (Å²) in [5, 5.41) is 17.4. The molecule has 0 spiro atoms. The molecule has 0 saturated carbocycles. The monoisotopic (exact) mass is 397 g/mol. The van der Waals surface area contributed by atoms with Crippen molar-refractivity contribution in [2.45, 2.75) is 31.0 Å². The molecule has 0 saturated heterocycles. The maximum Gasteiger partial charge on any atom is 0.313 e. The lowest BCUT2D eigenvalue weighted by atomic mass is 9.78. The van der Waals surface area contributed by atoms with E-state index in [0.29, 0.717) is 11.0 Å². The second-order valence-electron chi connectivity index (χ2n) is 6.94. The fraction of sp³-hybridized carbons (Fsp3) is 0.286. The van der Waals surface area contributed by atoms with E-state index in [4.69, 9.17) is 9.84 Å². The summed E-state index contributed by atoms with van der Waals surface area (Å²) in [4.78, 5) is 10.7. The molecular formula is C21H23N3O3S. The predicted molar refractivity (Wildman–Crippen MR) is 109 cm³/mol. The molecule has 0 unspecified atom stereocenters. The van der Waals surface area contributed by atoms with Crippen LogP contribution in [0.15, 0.2) is 59.8 Å². The molecule has 0 radical (unpaired) electrons. The molecule has 146 valence electrons. The molecule has 1 heterocycles. The van der Waals surface area contributed by atoms with Gasteiger partial charge in [-0.1, -0.05) is 68.1 Å². The number of nitrogens with zero attached hydrogens (tertiary/aromatic N) is 3. The average molecular weight is 398 g/mol. The van der Waals surface area contributed by atoms with Gasteiger partial charge in [-0.25, -0.2) is 0 Å². The lowest BCUT2D eigenvalue weighted by molar-refractivity contribution is -0.133. The van der Waals surface area contributed by atoms with Crippen LogP contribution in [0, 0.1) is 0 Å². The molecule has 0 bridgehead atoms. The highest BCUT2D eigenvalue weighted by atomic mass is 32.2. The summed E-state index contributed by atoms with van der Waals surface area (Å²) in [6.45, 7) is 4.67. The number of carboxylic acids is 1. The van der Waals surface area contributed by atoms with Gasteiger partial charge in [0.1, 0.15) is 12.4 Å². The second kappa shape index (κ2) is 8.48. The van der Waals surface area contributed by atoms with Gasteiger partial charge < -0.3 is 14.4 Å². The third kappa shape index (κ3) is 4.54. The van der Waals surface area contributed by atoms with Crippen molar-refractivity contribution in [2.75, 3.05) is 5.75 Å². The van der Waals surface area contributed by atoms with Gasteiger partial charge in [-0.15, -0.1) is 10.2 Å². The van der Waals surface area contributed by atoms with Crippen LogP contribution in [0.5, 0.6) is 5.75 Å². The first-order valence-electron chi connectivity index (χ1n) is 8.89. The number of carbonyl (C=O) groups is 1. The van der Waals surface area contributed by atoms with Crippen molar-refractivity contribution in [3.63, 3.8) is 0 Å². The van der Waals surface area contributed by atoms with Gasteiger partial charge >= 0.3 is 5.97 Å². The Hall–Kier alpha value is -2.80. The van der Waals surface area contributed by atoms with Crippen molar-refractivity contribution in [3.8, 4) is 5.75 Å². The van der Waals surface area contributed by atoms with Crippen molar-refractivity contribution >= 4 is 17.7 Å². The number of aliphatic carboxylic acids is 1. The Balaban J connectivity index is 1.65. The van der Waals surface area contributed by atoms with Crippen LogP contribution in [0.3, 0.4) is 0 Å². The third-order valence-corrected chi connectivity index (χ3v) is 5.69. The van der Waals surface area contributed by atoms with Crippen molar-refractivity contribution in [3.05, 3.63) is 71.5 Å². The number of hydrogen-bond acceptors (Lipinski definition) is 5. The van der Waals surface area contributed by atoms with Gasteiger partial charge in [0.2, 0.25) is 0 Å². The zero-order valence-corrected chi connectivity index (χ0v) is 16.9. The molecule has 2 aromatic carbocycles. The maximum absolute atomic E-state index is 10.7. The summed E-state index contributed by atoms with van der Waals surface area (Å²) in [5.74, 6) is 0.451. The normalized spacial score (nSPS) is 11.4. The predicted octanol–water partition coefficient (Wildman–Crippen LogP) is 3.90. The number of thioether (sulfide) groups is 1. The fourth-order valence-electron chi connectivity index (χ4n) is 2.86. The van der Waals surface area contributed by atoms with E-state index in [1.54, 1.807) is 11.6 Å². The Kier molecular flexibility index (Phi) is 6.04. The van der Waals surface area contributed by atoms with Crippen LogP contribution in [0.4, 0.5) is 0 Å². The number of ether oxygens (including phenoxy) is 1. The molecule has 0 aliphatic rings. The summed E-state index contributed by atoms with van der Waals surface area (Å²) in [7, 11) is 1.80. The Morgan fingerprint density at radius 1 is 1.07 bits per heavy atom. The number of benzene rings is 2. The molecule has 0 aliphatic heterocycles. The lowest BCUT2D eigenvalue weighted by Gasteiger charge is -2.26. The summed E-state index contributed by atoms with van der Waals surface area (Å²) < 4.78 is 7.59. The van der Waals surface area contributed by atoms with Crippen LogP contribution in [-0.4, -0.2) is 31.6 Å². The fourth-order valence-corrected chi connectivity index (χ4v) is 3.51. The lowest BCUT2D eigenvalue weighted by Crippen LogP contribution is -2.18. The molecule has 1 N–H and O–H groups in total. The molecule has 6 nitrogen and oxygen atoms in total.